The average molecular weight is 252 g/mol. The minimum Gasteiger partial charge on any atom is -0.495 e. The first-order valence-electron chi connectivity index (χ1n) is 5.50. The Morgan fingerprint density at radius 2 is 1.94 bits per heavy atom. The molecule has 0 spiro atoms. The van der Waals surface area contributed by atoms with E-state index in [1.165, 1.54) is 0 Å². The molecule has 0 fully saturated rings. The summed E-state index contributed by atoms with van der Waals surface area (Å²) in [5.41, 5.74) is 6.39. The van der Waals surface area contributed by atoms with Crippen molar-refractivity contribution in [2.75, 3.05) is 20.8 Å². The Hall–Kier alpha value is -1.33. The van der Waals surface area contributed by atoms with Crippen LogP contribution in [0.5, 0.6) is 11.5 Å². The number of hydrogen-bond acceptors (Lipinski definition) is 5. The fraction of sp³-hybridized carbons (Fsp3) is 0.417. The molecule has 0 saturated heterocycles. The lowest BCUT2D eigenvalue weighted by Crippen LogP contribution is -1.99. The van der Waals surface area contributed by atoms with E-state index in [-0.39, 0.29) is 0 Å². The van der Waals surface area contributed by atoms with Crippen LogP contribution in [0.4, 0.5) is 0 Å². The largest absolute Gasteiger partial charge is 0.495 e. The highest BCUT2D eigenvalue weighted by Crippen LogP contribution is 2.37. The van der Waals surface area contributed by atoms with Crippen molar-refractivity contribution in [1.29, 1.82) is 0 Å². The molecule has 2 rings (SSSR count). The van der Waals surface area contributed by atoms with Gasteiger partial charge in [-0.05, 0) is 25.1 Å². The molecule has 0 bridgehead atoms. The number of nitrogens with two attached hydrogens (primary N) is 1. The van der Waals surface area contributed by atoms with Gasteiger partial charge >= 0.3 is 0 Å². The van der Waals surface area contributed by atoms with Gasteiger partial charge in [-0.25, -0.2) is 4.98 Å². The molecule has 0 saturated carbocycles. The summed E-state index contributed by atoms with van der Waals surface area (Å²) in [6.45, 7) is 0.685. The third-order valence-electron chi connectivity index (χ3n) is 2.55. The van der Waals surface area contributed by atoms with E-state index in [4.69, 9.17) is 15.2 Å². The van der Waals surface area contributed by atoms with Crippen LogP contribution in [0.2, 0.25) is 0 Å². The summed E-state index contributed by atoms with van der Waals surface area (Å²) in [6, 6.07) is 3.79. The second-order valence-electron chi connectivity index (χ2n) is 3.65. The van der Waals surface area contributed by atoms with Crippen molar-refractivity contribution in [3.05, 3.63) is 17.1 Å². The van der Waals surface area contributed by atoms with E-state index < -0.39 is 0 Å². The smallest absolute Gasteiger partial charge is 0.146 e. The van der Waals surface area contributed by atoms with Gasteiger partial charge in [-0.15, -0.1) is 11.3 Å². The maximum Gasteiger partial charge on any atom is 0.146 e. The Morgan fingerprint density at radius 3 is 2.59 bits per heavy atom. The molecule has 1 heterocycles. The zero-order valence-electron chi connectivity index (χ0n) is 10.0. The maximum absolute atomic E-state index is 5.51. The number of ether oxygens (including phenoxy) is 2. The lowest BCUT2D eigenvalue weighted by atomic mass is 10.3. The Labute approximate surface area is 104 Å². The standard InChI is InChI=1S/C12H16N2O2S/c1-15-8-5-6-9(16-2)12-11(8)14-10(17-12)4-3-7-13/h5-6H,3-4,7,13H2,1-2H3. The van der Waals surface area contributed by atoms with Crippen LogP contribution in [0.15, 0.2) is 12.1 Å². The number of aryl methyl sites for hydroxylation is 1. The molecular weight excluding hydrogens is 236 g/mol. The van der Waals surface area contributed by atoms with Crippen molar-refractivity contribution in [2.24, 2.45) is 5.73 Å². The topological polar surface area (TPSA) is 57.4 Å². The van der Waals surface area contributed by atoms with E-state index in [2.05, 4.69) is 4.98 Å². The number of benzene rings is 1. The zero-order chi connectivity index (χ0) is 12.3. The number of thiazole rings is 1. The van der Waals surface area contributed by atoms with Crippen molar-refractivity contribution < 1.29 is 9.47 Å². The van der Waals surface area contributed by atoms with Gasteiger partial charge < -0.3 is 15.2 Å². The first-order valence-corrected chi connectivity index (χ1v) is 6.32. The summed E-state index contributed by atoms with van der Waals surface area (Å²) in [5.74, 6) is 1.63. The van der Waals surface area contributed by atoms with E-state index in [9.17, 15) is 0 Å². The van der Waals surface area contributed by atoms with Gasteiger partial charge in [0, 0.05) is 6.42 Å². The summed E-state index contributed by atoms with van der Waals surface area (Å²) in [5, 5.41) is 1.08. The molecule has 2 N–H and O–H groups in total. The van der Waals surface area contributed by atoms with Crippen molar-refractivity contribution in [1.82, 2.24) is 4.98 Å². The first kappa shape index (κ1) is 12.1. The van der Waals surface area contributed by atoms with Gasteiger partial charge in [0.15, 0.2) is 0 Å². The molecule has 0 amide bonds. The van der Waals surface area contributed by atoms with Gasteiger partial charge in [0.1, 0.15) is 21.7 Å². The zero-order valence-corrected chi connectivity index (χ0v) is 10.8. The summed E-state index contributed by atoms with van der Waals surface area (Å²) in [7, 11) is 3.32. The normalized spacial score (nSPS) is 10.8. The molecule has 5 heteroatoms. The molecule has 17 heavy (non-hydrogen) atoms. The molecule has 0 unspecified atom stereocenters. The molecule has 4 nitrogen and oxygen atoms in total. The van der Waals surface area contributed by atoms with Crippen LogP contribution in [0.25, 0.3) is 10.2 Å². The van der Waals surface area contributed by atoms with Crippen molar-refractivity contribution in [2.45, 2.75) is 12.8 Å². The van der Waals surface area contributed by atoms with Crippen LogP contribution in [0.3, 0.4) is 0 Å². The molecule has 0 aliphatic heterocycles. The number of nitrogens with zero attached hydrogens (tertiary/aromatic N) is 1. The molecule has 2 aromatic rings. The average Bonchev–Trinajstić information content (AvgIpc) is 2.78. The third-order valence-corrected chi connectivity index (χ3v) is 3.68. The molecule has 0 aliphatic carbocycles. The number of hydrogen-bond donors (Lipinski definition) is 1. The first-order chi connectivity index (χ1) is 8.30. The van der Waals surface area contributed by atoms with Crippen LogP contribution >= 0.6 is 11.3 Å². The monoisotopic (exact) mass is 252 g/mol. The second-order valence-corrected chi connectivity index (χ2v) is 4.73. The van der Waals surface area contributed by atoms with Crippen molar-refractivity contribution >= 4 is 21.6 Å². The Bertz CT molecular complexity index is 469. The predicted molar refractivity (Wildman–Crippen MR) is 70.1 cm³/mol. The Balaban J connectivity index is 2.48. The molecule has 1 aromatic carbocycles. The highest BCUT2D eigenvalue weighted by molar-refractivity contribution is 7.19. The molecule has 0 aliphatic rings. The summed E-state index contributed by atoms with van der Waals surface area (Å²) < 4.78 is 11.7. The Morgan fingerprint density at radius 1 is 1.24 bits per heavy atom. The summed E-state index contributed by atoms with van der Waals surface area (Å²) >= 11 is 1.65. The van der Waals surface area contributed by atoms with E-state index in [1.807, 2.05) is 12.1 Å². The van der Waals surface area contributed by atoms with Crippen LogP contribution in [0, 0.1) is 0 Å². The molecule has 0 radical (unpaired) electrons. The maximum atomic E-state index is 5.51. The van der Waals surface area contributed by atoms with Gasteiger partial charge in [0.2, 0.25) is 0 Å². The van der Waals surface area contributed by atoms with E-state index in [0.717, 1.165) is 39.6 Å². The van der Waals surface area contributed by atoms with Crippen LogP contribution < -0.4 is 15.2 Å². The van der Waals surface area contributed by atoms with E-state index >= 15 is 0 Å². The predicted octanol–water partition coefficient (Wildman–Crippen LogP) is 2.20. The highest BCUT2D eigenvalue weighted by atomic mass is 32.1. The van der Waals surface area contributed by atoms with Gasteiger partial charge in [0.25, 0.3) is 0 Å². The lowest BCUT2D eigenvalue weighted by molar-refractivity contribution is 0.410. The molecule has 1 aromatic heterocycles. The van der Waals surface area contributed by atoms with E-state index in [1.54, 1.807) is 25.6 Å². The number of fused-ring (bicyclic) bond motifs is 1. The minimum atomic E-state index is 0.685. The van der Waals surface area contributed by atoms with Crippen molar-refractivity contribution in [3.8, 4) is 11.5 Å². The van der Waals surface area contributed by atoms with Crippen molar-refractivity contribution in [3.63, 3.8) is 0 Å². The third kappa shape index (κ3) is 2.35. The molecular formula is C12H16N2O2S. The minimum absolute atomic E-state index is 0.685. The van der Waals surface area contributed by atoms with E-state index in [0.29, 0.717) is 6.54 Å². The van der Waals surface area contributed by atoms with Crippen LogP contribution in [-0.2, 0) is 6.42 Å². The lowest BCUT2D eigenvalue weighted by Gasteiger charge is -2.03. The van der Waals surface area contributed by atoms with Crippen LogP contribution in [0.1, 0.15) is 11.4 Å². The van der Waals surface area contributed by atoms with Gasteiger partial charge in [-0.1, -0.05) is 0 Å². The fourth-order valence-corrected chi connectivity index (χ4v) is 2.80. The molecule has 0 atom stereocenters. The number of methoxy groups -OCH3 is 2. The SMILES string of the molecule is COc1ccc(OC)c2sc(CCCN)nc12. The highest BCUT2D eigenvalue weighted by Gasteiger charge is 2.13. The van der Waals surface area contributed by atoms with Gasteiger partial charge in [0.05, 0.1) is 19.2 Å². The number of rotatable bonds is 5. The Kier molecular flexibility index (Phi) is 3.81. The summed E-state index contributed by atoms with van der Waals surface area (Å²) in [6.07, 6.45) is 1.85. The second kappa shape index (κ2) is 5.33. The van der Waals surface area contributed by atoms with Gasteiger partial charge in [-0.3, -0.25) is 0 Å². The van der Waals surface area contributed by atoms with Crippen LogP contribution in [-0.4, -0.2) is 25.7 Å². The number of aromatic nitrogens is 1. The molecule has 92 valence electrons. The van der Waals surface area contributed by atoms with Gasteiger partial charge in [-0.2, -0.15) is 0 Å². The quantitative estimate of drug-likeness (QED) is 0.886. The summed E-state index contributed by atoms with van der Waals surface area (Å²) in [4.78, 5) is 4.59. The fourth-order valence-electron chi connectivity index (χ4n) is 1.69.